The average molecular weight is 524 g/mol. The maximum absolute atomic E-state index is 13.2. The number of hydrogen-bond acceptors (Lipinski definition) is 5. The summed E-state index contributed by atoms with van der Waals surface area (Å²) in [6, 6.07) is 13.2. The Morgan fingerprint density at radius 2 is 1.83 bits per heavy atom. The number of nitrogens with one attached hydrogen (secondary N) is 1. The molecule has 0 saturated heterocycles. The third-order valence-corrected chi connectivity index (χ3v) is 6.92. The molecule has 1 atom stereocenters. The first-order valence-electron chi connectivity index (χ1n) is 11.5. The van der Waals surface area contributed by atoms with Crippen molar-refractivity contribution in [1.29, 1.82) is 0 Å². The molecule has 0 unspecified atom stereocenters. The van der Waals surface area contributed by atoms with E-state index in [1.165, 1.54) is 16.3 Å². The number of carbonyl (C=O) groups excluding carboxylic acids is 2. The van der Waals surface area contributed by atoms with Crippen LogP contribution in [-0.2, 0) is 26.2 Å². The molecule has 0 saturated carbocycles. The lowest BCUT2D eigenvalue weighted by Gasteiger charge is -2.29. The summed E-state index contributed by atoms with van der Waals surface area (Å²) in [5.74, 6) is 0.0646. The van der Waals surface area contributed by atoms with Crippen LogP contribution in [0.4, 0.5) is 5.69 Å². The van der Waals surface area contributed by atoms with Gasteiger partial charge in [-0.1, -0.05) is 36.7 Å². The maximum atomic E-state index is 13.2. The van der Waals surface area contributed by atoms with Gasteiger partial charge in [0.1, 0.15) is 11.8 Å². The van der Waals surface area contributed by atoms with Crippen LogP contribution in [0.25, 0.3) is 0 Å². The second-order valence-corrected chi connectivity index (χ2v) is 10.6. The zero-order valence-electron chi connectivity index (χ0n) is 20.7. The van der Waals surface area contributed by atoms with Gasteiger partial charge in [-0.3, -0.25) is 13.9 Å². The number of carbonyl (C=O) groups is 2. The summed E-state index contributed by atoms with van der Waals surface area (Å²) in [7, 11) is -2.07. The van der Waals surface area contributed by atoms with E-state index in [1.54, 1.807) is 43.3 Å². The van der Waals surface area contributed by atoms with Gasteiger partial charge in [-0.25, -0.2) is 8.42 Å². The highest BCUT2D eigenvalue weighted by Crippen LogP contribution is 2.24. The van der Waals surface area contributed by atoms with Gasteiger partial charge in [0.25, 0.3) is 0 Å². The van der Waals surface area contributed by atoms with Crippen molar-refractivity contribution in [3.63, 3.8) is 0 Å². The third-order valence-electron chi connectivity index (χ3n) is 5.48. The Kier molecular flexibility index (Phi) is 10.9. The molecular weight excluding hydrogens is 490 g/mol. The molecule has 0 radical (unpaired) electrons. The van der Waals surface area contributed by atoms with Crippen LogP contribution in [0.2, 0.25) is 5.02 Å². The number of sulfonamides is 1. The summed E-state index contributed by atoms with van der Waals surface area (Å²) in [4.78, 5) is 27.4. The molecule has 0 fully saturated rings. The van der Waals surface area contributed by atoms with Gasteiger partial charge in [0.2, 0.25) is 21.8 Å². The summed E-state index contributed by atoms with van der Waals surface area (Å²) < 4.78 is 31.3. The second-order valence-electron chi connectivity index (χ2n) is 8.26. The molecule has 0 aliphatic heterocycles. The van der Waals surface area contributed by atoms with Crippen molar-refractivity contribution in [3.05, 3.63) is 59.1 Å². The fraction of sp³-hybridized carbons (Fsp3) is 0.440. The number of benzene rings is 2. The summed E-state index contributed by atoms with van der Waals surface area (Å²) in [6.07, 6.45) is 2.27. The van der Waals surface area contributed by atoms with Crippen molar-refractivity contribution in [2.75, 3.05) is 30.8 Å². The predicted molar refractivity (Wildman–Crippen MR) is 139 cm³/mol. The summed E-state index contributed by atoms with van der Waals surface area (Å²) >= 11 is 5.98. The molecule has 0 bridgehead atoms. The Bertz CT molecular complexity index is 1090. The van der Waals surface area contributed by atoms with E-state index in [0.29, 0.717) is 23.0 Å². The van der Waals surface area contributed by atoms with Crippen molar-refractivity contribution < 1.29 is 22.7 Å². The quantitative estimate of drug-likeness (QED) is 0.430. The van der Waals surface area contributed by atoms with Gasteiger partial charge in [0, 0.05) is 37.1 Å². The SMILES string of the molecule is CCCNC(=O)[C@@H](C)N(Cc1ccc(Cl)cc1)C(=O)CCCN(c1cccc(OC)c1)S(C)(=O)=O. The fourth-order valence-electron chi connectivity index (χ4n) is 3.53. The van der Waals surface area contributed by atoms with Gasteiger partial charge in [-0.05, 0) is 49.6 Å². The third kappa shape index (κ3) is 8.74. The molecule has 2 aromatic carbocycles. The van der Waals surface area contributed by atoms with Crippen LogP contribution in [0, 0.1) is 0 Å². The van der Waals surface area contributed by atoms with Gasteiger partial charge in [-0.15, -0.1) is 0 Å². The number of nitrogens with zero attached hydrogens (tertiary/aromatic N) is 2. The molecule has 192 valence electrons. The van der Waals surface area contributed by atoms with E-state index in [9.17, 15) is 18.0 Å². The topological polar surface area (TPSA) is 96.0 Å². The van der Waals surface area contributed by atoms with Crippen molar-refractivity contribution in [1.82, 2.24) is 10.2 Å². The Labute approximate surface area is 213 Å². The van der Waals surface area contributed by atoms with Crippen LogP contribution in [0.15, 0.2) is 48.5 Å². The van der Waals surface area contributed by atoms with Crippen LogP contribution < -0.4 is 14.4 Å². The number of halogens is 1. The molecule has 0 aromatic heterocycles. The molecular formula is C25H34ClN3O5S. The van der Waals surface area contributed by atoms with E-state index in [4.69, 9.17) is 16.3 Å². The molecule has 10 heteroatoms. The summed E-state index contributed by atoms with van der Waals surface area (Å²) in [5.41, 5.74) is 1.30. The Hall–Kier alpha value is -2.78. The van der Waals surface area contributed by atoms with E-state index in [1.807, 2.05) is 19.1 Å². The van der Waals surface area contributed by atoms with Crippen LogP contribution >= 0.6 is 11.6 Å². The fourth-order valence-corrected chi connectivity index (χ4v) is 4.62. The molecule has 0 heterocycles. The maximum Gasteiger partial charge on any atom is 0.242 e. The molecule has 1 N–H and O–H groups in total. The standard InChI is InChI=1S/C25H34ClN3O5S/c1-5-15-27-25(31)19(2)28(18-20-11-13-21(26)14-12-20)24(30)10-7-16-29(35(4,32)33)22-8-6-9-23(17-22)34-3/h6,8-9,11-14,17,19H,5,7,10,15-16,18H2,1-4H3,(H,27,31)/t19-/m1/s1. The van der Waals surface area contributed by atoms with Crippen molar-refractivity contribution in [3.8, 4) is 5.75 Å². The zero-order valence-corrected chi connectivity index (χ0v) is 22.2. The second kappa shape index (κ2) is 13.3. The number of methoxy groups -OCH3 is 1. The molecule has 0 spiro atoms. The molecule has 2 aromatic rings. The Morgan fingerprint density at radius 1 is 1.14 bits per heavy atom. The lowest BCUT2D eigenvalue weighted by atomic mass is 10.1. The summed E-state index contributed by atoms with van der Waals surface area (Å²) in [5, 5.41) is 3.42. The van der Waals surface area contributed by atoms with Crippen LogP contribution in [-0.4, -0.2) is 57.6 Å². The first kappa shape index (κ1) is 28.5. The van der Waals surface area contributed by atoms with Crippen molar-refractivity contribution >= 4 is 39.1 Å². The predicted octanol–water partition coefficient (Wildman–Crippen LogP) is 3.84. The Morgan fingerprint density at radius 3 is 2.43 bits per heavy atom. The van der Waals surface area contributed by atoms with E-state index < -0.39 is 16.1 Å². The molecule has 0 aliphatic rings. The van der Waals surface area contributed by atoms with Gasteiger partial charge in [-0.2, -0.15) is 0 Å². The number of hydrogen-bond donors (Lipinski definition) is 1. The van der Waals surface area contributed by atoms with E-state index in [2.05, 4.69) is 5.32 Å². The van der Waals surface area contributed by atoms with Crippen LogP contribution in [0.1, 0.15) is 38.7 Å². The van der Waals surface area contributed by atoms with Crippen molar-refractivity contribution in [2.45, 2.75) is 45.7 Å². The van der Waals surface area contributed by atoms with Gasteiger partial charge >= 0.3 is 0 Å². The number of amides is 2. The Balaban J connectivity index is 2.15. The normalized spacial score (nSPS) is 12.0. The van der Waals surface area contributed by atoms with E-state index in [0.717, 1.165) is 18.2 Å². The smallest absolute Gasteiger partial charge is 0.242 e. The zero-order chi connectivity index (χ0) is 26.0. The van der Waals surface area contributed by atoms with E-state index in [-0.39, 0.29) is 37.7 Å². The molecule has 2 rings (SSSR count). The summed E-state index contributed by atoms with van der Waals surface area (Å²) in [6.45, 7) is 4.52. The van der Waals surface area contributed by atoms with E-state index >= 15 is 0 Å². The minimum absolute atomic E-state index is 0.0783. The molecule has 8 nitrogen and oxygen atoms in total. The van der Waals surface area contributed by atoms with Crippen molar-refractivity contribution in [2.24, 2.45) is 0 Å². The lowest BCUT2D eigenvalue weighted by molar-refractivity contribution is -0.140. The highest BCUT2D eigenvalue weighted by Gasteiger charge is 2.26. The number of rotatable bonds is 13. The monoisotopic (exact) mass is 523 g/mol. The largest absolute Gasteiger partial charge is 0.497 e. The minimum atomic E-state index is -3.58. The first-order chi connectivity index (χ1) is 16.6. The van der Waals surface area contributed by atoms with Gasteiger partial charge in [0.15, 0.2) is 0 Å². The molecule has 35 heavy (non-hydrogen) atoms. The lowest BCUT2D eigenvalue weighted by Crippen LogP contribution is -2.47. The number of anilines is 1. The minimum Gasteiger partial charge on any atom is -0.497 e. The molecule has 2 amide bonds. The average Bonchev–Trinajstić information content (AvgIpc) is 2.83. The molecule has 0 aliphatic carbocycles. The first-order valence-corrected chi connectivity index (χ1v) is 13.7. The highest BCUT2D eigenvalue weighted by molar-refractivity contribution is 7.92. The van der Waals surface area contributed by atoms with Gasteiger partial charge < -0.3 is 15.0 Å². The van der Waals surface area contributed by atoms with Crippen LogP contribution in [0.3, 0.4) is 0 Å². The van der Waals surface area contributed by atoms with Crippen LogP contribution in [0.5, 0.6) is 5.75 Å². The number of ether oxygens (including phenoxy) is 1. The van der Waals surface area contributed by atoms with Gasteiger partial charge in [0.05, 0.1) is 19.1 Å². The highest BCUT2D eigenvalue weighted by atomic mass is 35.5.